The van der Waals surface area contributed by atoms with Crippen LogP contribution in [0.15, 0.2) is 163 Å². The molecule has 68 heavy (non-hydrogen) atoms. The number of nitrogens with one attached hydrogen (secondary N) is 3. The molecule has 1 aliphatic heterocycles. The van der Waals surface area contributed by atoms with E-state index in [2.05, 4.69) is 84.6 Å². The highest BCUT2D eigenvalue weighted by molar-refractivity contribution is 6.07. The first kappa shape index (κ1) is 46.2. The molecule has 1 aliphatic rings. The number of amidine groups is 1. The molecule has 8 aromatic rings. The molecule has 2 aromatic heterocycles. The van der Waals surface area contributed by atoms with E-state index in [-0.39, 0.29) is 28.3 Å². The summed E-state index contributed by atoms with van der Waals surface area (Å²) in [5, 5.41) is 22.2. The summed E-state index contributed by atoms with van der Waals surface area (Å²) in [5.41, 5.74) is 6.11. The second-order valence-electron chi connectivity index (χ2n) is 18.6. The van der Waals surface area contributed by atoms with E-state index >= 15 is 0 Å². The second-order valence-corrected chi connectivity index (χ2v) is 18.6. The Bertz CT molecular complexity index is 3230. The van der Waals surface area contributed by atoms with E-state index < -0.39 is 0 Å². The molecule has 3 heterocycles. The van der Waals surface area contributed by atoms with Gasteiger partial charge in [0, 0.05) is 60.1 Å². The fourth-order valence-corrected chi connectivity index (χ4v) is 7.51. The van der Waals surface area contributed by atoms with E-state index in [1.54, 1.807) is 18.3 Å². The molecular formula is C57H53N7O4. The smallest absolute Gasteiger partial charge is 0.255 e. The minimum atomic E-state index is -0.169. The molecule has 0 unspecified atom stereocenters. The van der Waals surface area contributed by atoms with Gasteiger partial charge in [-0.25, -0.2) is 4.98 Å². The predicted molar refractivity (Wildman–Crippen MR) is 271 cm³/mol. The molecule has 2 amide bonds. The lowest BCUT2D eigenvalue weighted by molar-refractivity contribution is 0.101. The number of hydrogen-bond acceptors (Lipinski definition) is 9. The SMILES string of the molecule is CC(C)(C)c1cccc(NC(=O)c2ccc3ccc(Oc4ccnc(C#N)c4)cc3c2)c1.CC(C)(C)c1cccc(NC(=O)c2ccc3ccc(Oc4ccnc(C5=NCCCN5)c4)cc3c2)c1. The van der Waals surface area contributed by atoms with Gasteiger partial charge in [0.2, 0.25) is 0 Å². The van der Waals surface area contributed by atoms with Crippen molar-refractivity contribution in [1.82, 2.24) is 15.3 Å². The average molecular weight is 900 g/mol. The number of aromatic nitrogens is 2. The van der Waals surface area contributed by atoms with Gasteiger partial charge in [-0.05, 0) is 135 Å². The summed E-state index contributed by atoms with van der Waals surface area (Å²) in [6.45, 7) is 14.6. The molecule has 0 saturated heterocycles. The van der Waals surface area contributed by atoms with Gasteiger partial charge in [-0.2, -0.15) is 5.26 Å². The molecule has 0 radical (unpaired) electrons. The molecule has 0 atom stereocenters. The standard InChI is InChI=1S/C30H30N4O2.C27H23N3O2/c1-30(2,3)23-6-4-7-24(18-23)34-29(35)21-9-8-20-10-11-25(17-22(20)16-21)36-26-12-15-31-27(19-26)28-32-13-5-14-33-28;1-27(2,3)21-5-4-6-22(15-21)30-26(31)19-8-7-18-9-10-24(14-20(18)13-19)32-25-11-12-29-23(16-25)17-28/h4,6-12,15-19H,5,13-14H2,1-3H3,(H,32,33)(H,34,35);4-16H,1-3H3,(H,30,31). The monoisotopic (exact) mass is 899 g/mol. The van der Waals surface area contributed by atoms with Gasteiger partial charge < -0.3 is 25.4 Å². The molecule has 0 spiro atoms. The van der Waals surface area contributed by atoms with Crippen LogP contribution < -0.4 is 25.4 Å². The molecule has 340 valence electrons. The number of fused-ring (bicyclic) bond motifs is 2. The predicted octanol–water partition coefficient (Wildman–Crippen LogP) is 12.8. The average Bonchev–Trinajstić information content (AvgIpc) is 3.34. The van der Waals surface area contributed by atoms with Crippen LogP contribution in [0.5, 0.6) is 23.0 Å². The second kappa shape index (κ2) is 20.0. The molecule has 0 aliphatic carbocycles. The van der Waals surface area contributed by atoms with Crippen molar-refractivity contribution >= 4 is 50.6 Å². The molecule has 0 saturated carbocycles. The lowest BCUT2D eigenvalue weighted by Gasteiger charge is -2.20. The minimum absolute atomic E-state index is 0.00288. The number of ether oxygens (including phenoxy) is 2. The van der Waals surface area contributed by atoms with Crippen LogP contribution in [0.2, 0.25) is 0 Å². The molecule has 11 heteroatoms. The first-order valence-corrected chi connectivity index (χ1v) is 22.5. The number of anilines is 2. The fourth-order valence-electron chi connectivity index (χ4n) is 7.51. The van der Waals surface area contributed by atoms with Crippen LogP contribution in [0.4, 0.5) is 11.4 Å². The van der Waals surface area contributed by atoms with Gasteiger partial charge in [0.15, 0.2) is 0 Å². The van der Waals surface area contributed by atoms with E-state index in [4.69, 9.17) is 14.7 Å². The minimum Gasteiger partial charge on any atom is -0.457 e. The summed E-state index contributed by atoms with van der Waals surface area (Å²) in [5.74, 6) is 3.00. The Hall–Kier alpha value is -8.36. The zero-order valence-corrected chi connectivity index (χ0v) is 39.1. The number of aliphatic imine (C=N–C) groups is 1. The summed E-state index contributed by atoms with van der Waals surface area (Å²) < 4.78 is 12.0. The Labute approximate surface area is 396 Å². The van der Waals surface area contributed by atoms with E-state index in [9.17, 15) is 9.59 Å². The van der Waals surface area contributed by atoms with Crippen LogP contribution in [0.3, 0.4) is 0 Å². The van der Waals surface area contributed by atoms with Crippen LogP contribution in [-0.2, 0) is 10.8 Å². The Morgan fingerprint density at radius 3 is 1.57 bits per heavy atom. The number of carbonyl (C=O) groups is 2. The van der Waals surface area contributed by atoms with Crippen molar-refractivity contribution in [2.24, 2.45) is 4.99 Å². The molecule has 0 bridgehead atoms. The molecule has 3 N–H and O–H groups in total. The number of carbonyl (C=O) groups excluding carboxylic acids is 2. The van der Waals surface area contributed by atoms with Crippen molar-refractivity contribution in [2.45, 2.75) is 58.8 Å². The van der Waals surface area contributed by atoms with E-state index in [1.165, 1.54) is 11.8 Å². The quantitative estimate of drug-likeness (QED) is 0.130. The van der Waals surface area contributed by atoms with Crippen LogP contribution >= 0.6 is 0 Å². The molecule has 0 fully saturated rings. The summed E-state index contributed by atoms with van der Waals surface area (Å²) in [6.07, 6.45) is 4.29. The largest absolute Gasteiger partial charge is 0.457 e. The van der Waals surface area contributed by atoms with Crippen molar-refractivity contribution in [1.29, 1.82) is 5.26 Å². The highest BCUT2D eigenvalue weighted by Crippen LogP contribution is 2.30. The maximum Gasteiger partial charge on any atom is 0.255 e. The van der Waals surface area contributed by atoms with Gasteiger partial charge in [0.05, 0.1) is 0 Å². The third-order valence-corrected chi connectivity index (χ3v) is 11.3. The Morgan fingerprint density at radius 1 is 0.574 bits per heavy atom. The Balaban J connectivity index is 0.000000185. The van der Waals surface area contributed by atoms with Gasteiger partial charge in [0.1, 0.15) is 46.3 Å². The van der Waals surface area contributed by atoms with E-state index in [1.807, 2.05) is 127 Å². The van der Waals surface area contributed by atoms with Crippen molar-refractivity contribution in [3.8, 4) is 29.1 Å². The maximum atomic E-state index is 13.0. The number of pyridine rings is 2. The van der Waals surface area contributed by atoms with Crippen LogP contribution in [0.1, 0.15) is 91.2 Å². The van der Waals surface area contributed by atoms with Gasteiger partial charge in [-0.1, -0.05) is 90.1 Å². The van der Waals surface area contributed by atoms with Crippen LogP contribution in [0.25, 0.3) is 21.5 Å². The summed E-state index contributed by atoms with van der Waals surface area (Å²) >= 11 is 0. The maximum absolute atomic E-state index is 13.0. The normalized spacial score (nSPS) is 12.4. The first-order chi connectivity index (χ1) is 32.7. The lowest BCUT2D eigenvalue weighted by Crippen LogP contribution is -2.30. The van der Waals surface area contributed by atoms with Gasteiger partial charge in [0.25, 0.3) is 11.8 Å². The van der Waals surface area contributed by atoms with E-state index in [0.717, 1.165) is 69.5 Å². The topological polar surface area (TPSA) is 151 Å². The number of hydrogen-bond donors (Lipinski definition) is 3. The number of amides is 2. The summed E-state index contributed by atoms with van der Waals surface area (Å²) in [6, 6.07) is 47.7. The number of nitriles is 1. The van der Waals surface area contributed by atoms with Gasteiger partial charge in [-0.3, -0.25) is 19.6 Å². The zero-order valence-electron chi connectivity index (χ0n) is 39.1. The van der Waals surface area contributed by atoms with E-state index in [0.29, 0.717) is 34.1 Å². The third kappa shape index (κ3) is 11.7. The van der Waals surface area contributed by atoms with Crippen molar-refractivity contribution in [3.05, 3.63) is 192 Å². The first-order valence-electron chi connectivity index (χ1n) is 22.5. The summed E-state index contributed by atoms with van der Waals surface area (Å²) in [4.78, 5) is 38.8. The molecular weight excluding hydrogens is 847 g/mol. The summed E-state index contributed by atoms with van der Waals surface area (Å²) in [7, 11) is 0. The van der Waals surface area contributed by atoms with Crippen LogP contribution in [0, 0.1) is 11.3 Å². The van der Waals surface area contributed by atoms with Gasteiger partial charge in [-0.15, -0.1) is 0 Å². The lowest BCUT2D eigenvalue weighted by atomic mass is 9.87. The third-order valence-electron chi connectivity index (χ3n) is 11.3. The Morgan fingerprint density at radius 2 is 1.07 bits per heavy atom. The molecule has 9 rings (SSSR count). The van der Waals surface area contributed by atoms with Crippen molar-refractivity contribution < 1.29 is 19.1 Å². The zero-order chi connectivity index (χ0) is 47.8. The molecule has 6 aromatic carbocycles. The van der Waals surface area contributed by atoms with Crippen molar-refractivity contribution in [3.63, 3.8) is 0 Å². The number of benzene rings is 6. The highest BCUT2D eigenvalue weighted by atomic mass is 16.5. The fraction of sp³-hybridized carbons (Fsp3) is 0.193. The highest BCUT2D eigenvalue weighted by Gasteiger charge is 2.17. The van der Waals surface area contributed by atoms with Crippen molar-refractivity contribution in [2.75, 3.05) is 23.7 Å². The van der Waals surface area contributed by atoms with Gasteiger partial charge >= 0.3 is 0 Å². The molecule has 11 nitrogen and oxygen atoms in total. The Kier molecular flexibility index (Phi) is 13.6. The number of rotatable bonds is 9. The van der Waals surface area contributed by atoms with Crippen LogP contribution in [-0.4, -0.2) is 40.7 Å². The number of nitrogens with zero attached hydrogens (tertiary/aromatic N) is 4.